The van der Waals surface area contributed by atoms with Crippen molar-refractivity contribution in [3.8, 4) is 0 Å². The molecule has 34 heavy (non-hydrogen) atoms. The van der Waals surface area contributed by atoms with Crippen molar-refractivity contribution in [2.75, 3.05) is 25.1 Å². The third-order valence-electron chi connectivity index (χ3n) is 5.21. The van der Waals surface area contributed by atoms with Gasteiger partial charge in [-0.05, 0) is 77.0 Å². The van der Waals surface area contributed by atoms with E-state index in [4.69, 9.17) is 17.2 Å². The zero-order valence-corrected chi connectivity index (χ0v) is 20.9. The lowest BCUT2D eigenvalue weighted by atomic mass is 10.0. The molecule has 0 aromatic rings. The Kier molecular flexibility index (Phi) is 17.4. The Bertz CT molecular complexity index is 639. The lowest BCUT2D eigenvalue weighted by Gasteiger charge is -2.25. The van der Waals surface area contributed by atoms with Crippen LogP contribution in [0.15, 0.2) is 0 Å². The topological polar surface area (TPSA) is 223 Å². The molecule has 0 aliphatic carbocycles. The summed E-state index contributed by atoms with van der Waals surface area (Å²) in [5.74, 6) is -2.54. The summed E-state index contributed by atoms with van der Waals surface area (Å²) in [6, 6.07) is -4.31. The number of carboxylic acid groups (broad SMARTS) is 1. The lowest BCUT2D eigenvalue weighted by Crippen LogP contribution is -2.58. The van der Waals surface area contributed by atoms with E-state index in [-0.39, 0.29) is 19.3 Å². The second-order valence-corrected chi connectivity index (χ2v) is 9.12. The molecule has 11 N–H and O–H groups in total. The van der Waals surface area contributed by atoms with E-state index in [2.05, 4.69) is 16.0 Å². The largest absolute Gasteiger partial charge is 0.480 e. The average Bonchev–Trinajstić information content (AvgIpc) is 2.79. The highest BCUT2D eigenvalue weighted by molar-refractivity contribution is 7.98. The molecule has 0 aliphatic heterocycles. The Morgan fingerprint density at radius 1 is 0.794 bits per heavy atom. The minimum atomic E-state index is -1.22. The van der Waals surface area contributed by atoms with E-state index in [9.17, 15) is 29.4 Å². The quantitative estimate of drug-likeness (QED) is 0.0921. The molecule has 0 fully saturated rings. The maximum atomic E-state index is 13.0. The number of carboxylic acids is 1. The average molecular weight is 507 g/mol. The van der Waals surface area contributed by atoms with Gasteiger partial charge in [0.1, 0.15) is 24.2 Å². The molecule has 0 saturated carbocycles. The number of hydrogen-bond donors (Lipinski definition) is 8. The van der Waals surface area contributed by atoms with Crippen LogP contribution in [0.3, 0.4) is 0 Å². The van der Waals surface area contributed by atoms with Gasteiger partial charge in [0, 0.05) is 0 Å². The normalized spacial score (nSPS) is 15.5. The zero-order valence-electron chi connectivity index (χ0n) is 20.1. The summed E-state index contributed by atoms with van der Waals surface area (Å²) in [6.45, 7) is 2.18. The number of aliphatic carboxylic acids is 1. The van der Waals surface area contributed by atoms with Gasteiger partial charge in [0.05, 0.1) is 6.10 Å². The molecular formula is C21H42N6O6S. The Balaban J connectivity index is 5.47. The molecule has 5 unspecified atom stereocenters. The highest BCUT2D eigenvalue weighted by Gasteiger charge is 2.30. The van der Waals surface area contributed by atoms with Gasteiger partial charge in [-0.25, -0.2) is 4.79 Å². The van der Waals surface area contributed by atoms with E-state index < -0.39 is 54.0 Å². The molecule has 0 rings (SSSR count). The number of unbranched alkanes of at least 4 members (excludes halogenated alkanes) is 2. The standard InChI is InChI=1S/C21H42N6O6S/c1-13(28)17(24)20(31)26-15(8-4-6-11-23)18(29)25-14(7-3-5-10-22)19(30)27-16(21(32)33)9-12-34-2/h13-17,28H,3-12,22-24H2,1-2H3,(H,25,29)(H,26,31)(H,27,30)(H,32,33). The molecule has 0 heterocycles. The van der Waals surface area contributed by atoms with Gasteiger partial charge < -0.3 is 43.4 Å². The molecular weight excluding hydrogens is 464 g/mol. The van der Waals surface area contributed by atoms with Crippen LogP contribution < -0.4 is 33.2 Å². The van der Waals surface area contributed by atoms with Gasteiger partial charge in [0.2, 0.25) is 17.7 Å². The summed E-state index contributed by atoms with van der Waals surface area (Å²) in [6.07, 6.45) is 3.78. The first kappa shape index (κ1) is 32.1. The van der Waals surface area contributed by atoms with Crippen LogP contribution in [0.1, 0.15) is 51.9 Å². The number of aliphatic hydroxyl groups is 1. The smallest absolute Gasteiger partial charge is 0.326 e. The maximum Gasteiger partial charge on any atom is 0.326 e. The van der Waals surface area contributed by atoms with Gasteiger partial charge in [-0.1, -0.05) is 0 Å². The summed E-state index contributed by atoms with van der Waals surface area (Å²) in [4.78, 5) is 49.7. The number of rotatable bonds is 19. The Hall–Kier alpha value is -1.93. The summed E-state index contributed by atoms with van der Waals surface area (Å²) in [7, 11) is 0. The SMILES string of the molecule is CSCCC(NC(=O)C(CCCCN)NC(=O)C(CCCCN)NC(=O)C(N)C(C)O)C(=O)O. The third kappa shape index (κ3) is 13.1. The van der Waals surface area contributed by atoms with Gasteiger partial charge in [-0.2, -0.15) is 11.8 Å². The number of carbonyl (C=O) groups excluding carboxylic acids is 3. The van der Waals surface area contributed by atoms with Crippen LogP contribution in [0.25, 0.3) is 0 Å². The van der Waals surface area contributed by atoms with E-state index in [1.54, 1.807) is 0 Å². The lowest BCUT2D eigenvalue weighted by molar-refractivity contribution is -0.142. The highest BCUT2D eigenvalue weighted by Crippen LogP contribution is 2.08. The summed E-state index contributed by atoms with van der Waals surface area (Å²) >= 11 is 1.46. The van der Waals surface area contributed by atoms with Crippen molar-refractivity contribution in [3.05, 3.63) is 0 Å². The number of amides is 3. The molecule has 0 radical (unpaired) electrons. The molecule has 0 saturated heterocycles. The van der Waals surface area contributed by atoms with Crippen molar-refractivity contribution in [1.82, 2.24) is 16.0 Å². The molecule has 198 valence electrons. The highest BCUT2D eigenvalue weighted by atomic mass is 32.2. The third-order valence-corrected chi connectivity index (χ3v) is 5.85. The van der Waals surface area contributed by atoms with Gasteiger partial charge >= 0.3 is 5.97 Å². The van der Waals surface area contributed by atoms with Crippen molar-refractivity contribution in [1.29, 1.82) is 0 Å². The summed E-state index contributed by atoms with van der Waals surface area (Å²) in [5, 5.41) is 26.6. The van der Waals surface area contributed by atoms with Crippen molar-refractivity contribution in [2.24, 2.45) is 17.2 Å². The van der Waals surface area contributed by atoms with E-state index in [0.717, 1.165) is 0 Å². The van der Waals surface area contributed by atoms with Gasteiger partial charge in [0.25, 0.3) is 0 Å². The Labute approximate surface area is 205 Å². The number of hydrogen-bond acceptors (Lipinski definition) is 9. The fourth-order valence-corrected chi connectivity index (χ4v) is 3.52. The Morgan fingerprint density at radius 3 is 1.62 bits per heavy atom. The van der Waals surface area contributed by atoms with Gasteiger partial charge in [0.15, 0.2) is 0 Å². The fourth-order valence-electron chi connectivity index (χ4n) is 3.05. The maximum absolute atomic E-state index is 13.0. The van der Waals surface area contributed by atoms with Crippen molar-refractivity contribution >= 4 is 35.5 Å². The number of nitrogens with one attached hydrogen (secondary N) is 3. The van der Waals surface area contributed by atoms with Crippen LogP contribution in [0, 0.1) is 0 Å². The molecule has 0 aliphatic rings. The van der Waals surface area contributed by atoms with E-state index in [1.807, 2.05) is 6.26 Å². The molecule has 0 bridgehead atoms. The monoisotopic (exact) mass is 506 g/mol. The number of thioether (sulfide) groups is 1. The van der Waals surface area contributed by atoms with Crippen molar-refractivity contribution < 1.29 is 29.4 Å². The van der Waals surface area contributed by atoms with E-state index in [1.165, 1.54) is 18.7 Å². The molecule has 5 atom stereocenters. The summed E-state index contributed by atoms with van der Waals surface area (Å²) < 4.78 is 0. The molecule has 3 amide bonds. The Morgan fingerprint density at radius 2 is 1.24 bits per heavy atom. The van der Waals surface area contributed by atoms with Gasteiger partial charge in [-0.15, -0.1) is 0 Å². The molecule has 0 spiro atoms. The van der Waals surface area contributed by atoms with Crippen LogP contribution in [-0.4, -0.2) is 89.3 Å². The van der Waals surface area contributed by atoms with Crippen molar-refractivity contribution in [3.63, 3.8) is 0 Å². The minimum absolute atomic E-state index is 0.237. The zero-order chi connectivity index (χ0) is 26.1. The number of aliphatic hydroxyl groups excluding tert-OH is 1. The van der Waals surface area contributed by atoms with E-state index >= 15 is 0 Å². The molecule has 0 aromatic heterocycles. The fraction of sp³-hybridized carbons (Fsp3) is 0.810. The molecule has 13 heteroatoms. The molecule has 0 aromatic carbocycles. The predicted octanol–water partition coefficient (Wildman–Crippen LogP) is -1.76. The van der Waals surface area contributed by atoms with Gasteiger partial charge in [-0.3, -0.25) is 14.4 Å². The van der Waals surface area contributed by atoms with E-state index in [0.29, 0.717) is 44.5 Å². The van der Waals surface area contributed by atoms with Crippen LogP contribution in [-0.2, 0) is 19.2 Å². The second-order valence-electron chi connectivity index (χ2n) is 8.14. The number of carbonyl (C=O) groups is 4. The number of nitrogens with two attached hydrogens (primary N) is 3. The molecule has 12 nitrogen and oxygen atoms in total. The van der Waals surface area contributed by atoms with Crippen LogP contribution in [0.2, 0.25) is 0 Å². The second kappa shape index (κ2) is 18.4. The minimum Gasteiger partial charge on any atom is -0.480 e. The van der Waals surface area contributed by atoms with Crippen LogP contribution >= 0.6 is 11.8 Å². The first-order valence-electron chi connectivity index (χ1n) is 11.6. The first-order valence-corrected chi connectivity index (χ1v) is 12.9. The van der Waals surface area contributed by atoms with Crippen LogP contribution in [0.5, 0.6) is 0 Å². The predicted molar refractivity (Wildman–Crippen MR) is 132 cm³/mol. The van der Waals surface area contributed by atoms with Crippen molar-refractivity contribution in [2.45, 2.75) is 82.1 Å². The first-order chi connectivity index (χ1) is 16.1. The summed E-state index contributed by atoms with van der Waals surface area (Å²) in [5.41, 5.74) is 16.7. The van der Waals surface area contributed by atoms with Crippen LogP contribution in [0.4, 0.5) is 0 Å².